The largest absolute Gasteiger partial charge is 0.386 e. The molecule has 0 radical (unpaired) electrons. The predicted molar refractivity (Wildman–Crippen MR) is 54.3 cm³/mol. The molecule has 0 bridgehead atoms. The van der Waals surface area contributed by atoms with Crippen LogP contribution in [0, 0.1) is 0 Å². The van der Waals surface area contributed by atoms with Crippen molar-refractivity contribution in [3.63, 3.8) is 0 Å². The van der Waals surface area contributed by atoms with Gasteiger partial charge < -0.3 is 5.11 Å². The monoisotopic (exact) mass is 264 g/mol. The van der Waals surface area contributed by atoms with Crippen molar-refractivity contribution in [3.8, 4) is 0 Å². The van der Waals surface area contributed by atoms with Crippen molar-refractivity contribution in [3.05, 3.63) is 33.8 Å². The molecule has 0 amide bonds. The number of hydrogen-bond acceptors (Lipinski definition) is 1. The van der Waals surface area contributed by atoms with Gasteiger partial charge in [-0.2, -0.15) is 0 Å². The van der Waals surface area contributed by atoms with Crippen molar-refractivity contribution in [2.24, 2.45) is 0 Å². The number of hydrogen-bond donors (Lipinski definition) is 1. The second-order valence-corrected chi connectivity index (χ2v) is 4.51. The molecule has 0 saturated heterocycles. The van der Waals surface area contributed by atoms with E-state index in [0.29, 0.717) is 4.47 Å². The highest BCUT2D eigenvalue weighted by molar-refractivity contribution is 9.10. The first-order valence-electron chi connectivity index (χ1n) is 4.13. The summed E-state index contributed by atoms with van der Waals surface area (Å²) in [6, 6.07) is 4.38. The lowest BCUT2D eigenvalue weighted by molar-refractivity contribution is 0.0700. The Morgan fingerprint density at radius 3 is 2.36 bits per heavy atom. The van der Waals surface area contributed by atoms with Crippen molar-refractivity contribution in [1.29, 1.82) is 0 Å². The molecule has 0 saturated carbocycles. The summed E-state index contributed by atoms with van der Waals surface area (Å²) in [5, 5.41) is 9.69. The number of rotatable bonds is 2. The van der Waals surface area contributed by atoms with Gasteiger partial charge in [0.15, 0.2) is 0 Å². The molecule has 1 aromatic carbocycles. The fourth-order valence-electron chi connectivity index (χ4n) is 1.25. The van der Waals surface area contributed by atoms with Crippen LogP contribution in [0.4, 0.5) is 8.78 Å². The molecule has 1 nitrogen and oxygen atoms in total. The molecular formula is C10H11BrF2O. The molecule has 14 heavy (non-hydrogen) atoms. The second-order valence-electron chi connectivity index (χ2n) is 3.59. The molecule has 0 aliphatic rings. The normalized spacial score (nSPS) is 12.2. The van der Waals surface area contributed by atoms with Gasteiger partial charge in [0.05, 0.1) is 5.60 Å². The van der Waals surface area contributed by atoms with Crippen LogP contribution in [0.3, 0.4) is 0 Å². The van der Waals surface area contributed by atoms with Crippen LogP contribution >= 0.6 is 15.9 Å². The Bertz CT molecular complexity index is 331. The van der Waals surface area contributed by atoms with Gasteiger partial charge in [0.25, 0.3) is 6.43 Å². The summed E-state index contributed by atoms with van der Waals surface area (Å²) in [6.07, 6.45) is -2.57. The summed E-state index contributed by atoms with van der Waals surface area (Å²) >= 11 is 3.18. The maximum absolute atomic E-state index is 12.6. The molecule has 1 N–H and O–H groups in total. The van der Waals surface area contributed by atoms with E-state index >= 15 is 0 Å². The maximum Gasteiger partial charge on any atom is 0.264 e. The van der Waals surface area contributed by atoms with E-state index in [0.717, 1.165) is 0 Å². The molecule has 0 unspecified atom stereocenters. The third-order valence-corrected chi connectivity index (χ3v) is 2.40. The smallest absolute Gasteiger partial charge is 0.264 e. The number of alkyl halides is 2. The quantitative estimate of drug-likeness (QED) is 0.865. The molecular weight excluding hydrogens is 254 g/mol. The lowest BCUT2D eigenvalue weighted by Gasteiger charge is -2.21. The molecule has 0 aliphatic heterocycles. The van der Waals surface area contributed by atoms with Gasteiger partial charge in [-0.25, -0.2) is 8.78 Å². The van der Waals surface area contributed by atoms with Gasteiger partial charge >= 0.3 is 0 Å². The van der Waals surface area contributed by atoms with Crippen LogP contribution < -0.4 is 0 Å². The lowest BCUT2D eigenvalue weighted by atomic mass is 9.93. The van der Waals surface area contributed by atoms with Crippen molar-refractivity contribution in [2.75, 3.05) is 0 Å². The van der Waals surface area contributed by atoms with Crippen LogP contribution in [0.15, 0.2) is 22.7 Å². The second kappa shape index (κ2) is 3.95. The zero-order chi connectivity index (χ0) is 10.9. The summed E-state index contributed by atoms with van der Waals surface area (Å²) in [5.74, 6) is 0. The van der Waals surface area contributed by atoms with Crippen LogP contribution in [-0.4, -0.2) is 5.11 Å². The van der Waals surface area contributed by atoms with Crippen LogP contribution in [-0.2, 0) is 5.60 Å². The Kier molecular flexibility index (Phi) is 3.27. The first-order chi connectivity index (χ1) is 6.32. The molecule has 0 atom stereocenters. The fourth-order valence-corrected chi connectivity index (χ4v) is 1.61. The van der Waals surface area contributed by atoms with Gasteiger partial charge in [0, 0.05) is 10.0 Å². The zero-order valence-corrected chi connectivity index (χ0v) is 9.48. The third kappa shape index (κ3) is 2.51. The van der Waals surface area contributed by atoms with Crippen molar-refractivity contribution in [1.82, 2.24) is 0 Å². The summed E-state index contributed by atoms with van der Waals surface area (Å²) in [4.78, 5) is 0. The van der Waals surface area contributed by atoms with E-state index in [4.69, 9.17) is 0 Å². The molecule has 1 rings (SSSR count). The summed E-state index contributed by atoms with van der Waals surface area (Å²) in [7, 11) is 0. The summed E-state index contributed by atoms with van der Waals surface area (Å²) in [5.41, 5.74) is -1.13. The van der Waals surface area contributed by atoms with E-state index in [9.17, 15) is 13.9 Å². The SMILES string of the molecule is CC(C)(O)c1cc(Br)ccc1C(F)F. The van der Waals surface area contributed by atoms with Gasteiger partial charge in [-0.05, 0) is 31.5 Å². The van der Waals surface area contributed by atoms with E-state index in [2.05, 4.69) is 15.9 Å². The van der Waals surface area contributed by atoms with Gasteiger partial charge in [0.1, 0.15) is 0 Å². The molecule has 0 heterocycles. The van der Waals surface area contributed by atoms with Crippen molar-refractivity contribution >= 4 is 15.9 Å². The van der Waals surface area contributed by atoms with Gasteiger partial charge in [-0.1, -0.05) is 22.0 Å². The Balaban J connectivity index is 3.30. The molecule has 1 aromatic rings. The molecule has 0 spiro atoms. The zero-order valence-electron chi connectivity index (χ0n) is 7.89. The van der Waals surface area contributed by atoms with Gasteiger partial charge in [-0.3, -0.25) is 0 Å². The van der Waals surface area contributed by atoms with E-state index < -0.39 is 12.0 Å². The Labute approximate surface area is 89.9 Å². The maximum atomic E-state index is 12.6. The van der Waals surface area contributed by atoms with Crippen molar-refractivity contribution in [2.45, 2.75) is 25.9 Å². The predicted octanol–water partition coefficient (Wildman–Crippen LogP) is 3.61. The van der Waals surface area contributed by atoms with E-state index in [1.54, 1.807) is 0 Å². The third-order valence-electron chi connectivity index (χ3n) is 1.91. The Morgan fingerprint density at radius 1 is 1.36 bits per heavy atom. The summed E-state index contributed by atoms with van der Waals surface area (Å²) in [6.45, 7) is 2.97. The standard InChI is InChI=1S/C10H11BrF2O/c1-10(2,14)8-5-6(11)3-4-7(8)9(12)13/h3-5,9,14H,1-2H3. The minimum Gasteiger partial charge on any atom is -0.386 e. The van der Waals surface area contributed by atoms with Gasteiger partial charge in [0.2, 0.25) is 0 Å². The van der Waals surface area contributed by atoms with Crippen LogP contribution in [0.25, 0.3) is 0 Å². The van der Waals surface area contributed by atoms with E-state index in [-0.39, 0.29) is 11.1 Å². The van der Waals surface area contributed by atoms with Gasteiger partial charge in [-0.15, -0.1) is 0 Å². The minimum absolute atomic E-state index is 0.124. The molecule has 0 aromatic heterocycles. The average Bonchev–Trinajstić information content (AvgIpc) is 2.01. The molecule has 4 heteroatoms. The van der Waals surface area contributed by atoms with Crippen molar-refractivity contribution < 1.29 is 13.9 Å². The van der Waals surface area contributed by atoms with Crippen LogP contribution in [0.2, 0.25) is 0 Å². The first-order valence-corrected chi connectivity index (χ1v) is 4.92. The molecule has 0 aliphatic carbocycles. The minimum atomic E-state index is -2.57. The highest BCUT2D eigenvalue weighted by atomic mass is 79.9. The lowest BCUT2D eigenvalue weighted by Crippen LogP contribution is -2.18. The van der Waals surface area contributed by atoms with Crippen LogP contribution in [0.1, 0.15) is 31.4 Å². The number of benzene rings is 1. The van der Waals surface area contributed by atoms with Crippen LogP contribution in [0.5, 0.6) is 0 Å². The number of halogens is 3. The first kappa shape index (κ1) is 11.6. The highest BCUT2D eigenvalue weighted by Crippen LogP contribution is 2.32. The highest BCUT2D eigenvalue weighted by Gasteiger charge is 2.24. The van der Waals surface area contributed by atoms with E-state index in [1.807, 2.05) is 0 Å². The number of aliphatic hydroxyl groups is 1. The Hall–Kier alpha value is -0.480. The Morgan fingerprint density at radius 2 is 1.93 bits per heavy atom. The van der Waals surface area contributed by atoms with E-state index in [1.165, 1.54) is 32.0 Å². The average molecular weight is 265 g/mol. The fraction of sp³-hybridized carbons (Fsp3) is 0.400. The summed E-state index contributed by atoms with van der Waals surface area (Å²) < 4.78 is 25.8. The topological polar surface area (TPSA) is 20.2 Å². The molecule has 78 valence electrons. The molecule has 0 fully saturated rings.